The number of rotatable bonds is 5. The number of nitrogens with one attached hydrogen (secondary N) is 1. The van der Waals surface area contributed by atoms with Crippen molar-refractivity contribution in [1.82, 2.24) is 4.98 Å². The van der Waals surface area contributed by atoms with E-state index in [-0.39, 0.29) is 18.2 Å². The maximum Gasteiger partial charge on any atom is 0.345 e. The Morgan fingerprint density at radius 3 is 2.95 bits per heavy atom. The number of nitrogens with two attached hydrogens (primary N) is 1. The monoisotopic (exact) mass is 309 g/mol. The van der Waals surface area contributed by atoms with Gasteiger partial charge in [-0.05, 0) is 25.1 Å². The van der Waals surface area contributed by atoms with Gasteiger partial charge in [-0.3, -0.25) is 4.79 Å². The lowest BCUT2D eigenvalue weighted by Gasteiger charge is -2.02. The normalized spacial score (nSPS) is 11.4. The van der Waals surface area contributed by atoms with Crippen molar-refractivity contribution in [2.24, 2.45) is 5.73 Å². The molecule has 0 aliphatic carbocycles. The van der Waals surface area contributed by atoms with Gasteiger partial charge >= 0.3 is 5.97 Å². The van der Waals surface area contributed by atoms with E-state index in [1.54, 1.807) is 25.1 Å². The van der Waals surface area contributed by atoms with E-state index in [0.717, 1.165) is 6.20 Å². The van der Waals surface area contributed by atoms with E-state index in [1.807, 2.05) is 0 Å². The molecule has 0 aliphatic heterocycles. The van der Waals surface area contributed by atoms with Crippen LogP contribution in [0.2, 0.25) is 5.02 Å². The van der Waals surface area contributed by atoms with E-state index in [4.69, 9.17) is 26.5 Å². The number of carbonyl (C=O) groups excluding carboxylic acids is 2. The number of halogens is 1. The number of ether oxygens (including phenoxy) is 1. The van der Waals surface area contributed by atoms with Gasteiger partial charge in [0.25, 0.3) is 11.9 Å². The van der Waals surface area contributed by atoms with Crippen LogP contribution in [-0.2, 0) is 14.3 Å². The van der Waals surface area contributed by atoms with Gasteiger partial charge in [0.15, 0.2) is 5.58 Å². The average molecular weight is 310 g/mol. The van der Waals surface area contributed by atoms with Crippen molar-refractivity contribution in [3.8, 4) is 0 Å². The Morgan fingerprint density at radius 2 is 2.29 bits per heavy atom. The number of hydrogen-bond acceptors (Lipinski definition) is 6. The van der Waals surface area contributed by atoms with E-state index in [9.17, 15) is 9.59 Å². The van der Waals surface area contributed by atoms with Crippen LogP contribution in [0, 0.1) is 0 Å². The van der Waals surface area contributed by atoms with Crippen LogP contribution in [0.4, 0.5) is 6.01 Å². The first-order valence-corrected chi connectivity index (χ1v) is 6.38. The molecule has 1 aromatic heterocycles. The second-order valence-electron chi connectivity index (χ2n) is 3.92. The van der Waals surface area contributed by atoms with E-state index in [1.165, 1.54) is 0 Å². The van der Waals surface area contributed by atoms with Crippen molar-refractivity contribution in [3.05, 3.63) is 35.0 Å². The summed E-state index contributed by atoms with van der Waals surface area (Å²) in [5, 5.41) is 3.11. The van der Waals surface area contributed by atoms with Crippen molar-refractivity contribution in [3.63, 3.8) is 0 Å². The number of oxazole rings is 1. The van der Waals surface area contributed by atoms with Crippen molar-refractivity contribution in [2.75, 3.05) is 11.9 Å². The lowest BCUT2D eigenvalue weighted by Crippen LogP contribution is -2.23. The molecule has 110 valence electrons. The standard InChI is InChI=1S/C13H12ClN3O4/c1-2-20-12(19)8(11(15)18)6-16-13-17-9-5-7(14)3-4-10(9)21-13/h3-6H,2H2,1H3,(H2,15,18)(H,16,17)/b8-6+. The molecule has 7 nitrogen and oxygen atoms in total. The molecule has 8 heteroatoms. The Balaban J connectivity index is 2.23. The number of carbonyl (C=O) groups is 2. The highest BCUT2D eigenvalue weighted by atomic mass is 35.5. The number of aromatic nitrogens is 1. The van der Waals surface area contributed by atoms with Gasteiger partial charge < -0.3 is 20.2 Å². The Bertz CT molecular complexity index is 723. The van der Waals surface area contributed by atoms with Gasteiger partial charge in [0, 0.05) is 11.2 Å². The van der Waals surface area contributed by atoms with Crippen molar-refractivity contribution >= 4 is 40.6 Å². The summed E-state index contributed by atoms with van der Waals surface area (Å²) >= 11 is 5.84. The summed E-state index contributed by atoms with van der Waals surface area (Å²) in [6.07, 6.45) is 1.09. The van der Waals surface area contributed by atoms with E-state index in [2.05, 4.69) is 10.3 Å². The zero-order valence-electron chi connectivity index (χ0n) is 11.1. The number of fused-ring (bicyclic) bond motifs is 1. The second kappa shape index (κ2) is 6.27. The van der Waals surface area contributed by atoms with E-state index >= 15 is 0 Å². The molecule has 21 heavy (non-hydrogen) atoms. The molecule has 0 bridgehead atoms. The number of nitrogens with zero attached hydrogens (tertiary/aromatic N) is 1. The SMILES string of the molecule is CCOC(=O)/C(=C/Nc1nc2cc(Cl)ccc2o1)C(N)=O. The molecule has 2 rings (SSSR count). The number of primary amides is 1. The molecular formula is C13H12ClN3O4. The Labute approximate surface area is 124 Å². The molecule has 1 heterocycles. The first-order valence-electron chi connectivity index (χ1n) is 6.01. The molecule has 0 fully saturated rings. The summed E-state index contributed by atoms with van der Waals surface area (Å²) in [5.74, 6) is -1.74. The fourth-order valence-electron chi connectivity index (χ4n) is 1.54. The van der Waals surface area contributed by atoms with Gasteiger partial charge in [-0.2, -0.15) is 4.98 Å². The minimum Gasteiger partial charge on any atom is -0.462 e. The minimum atomic E-state index is -0.917. The van der Waals surface area contributed by atoms with Crippen LogP contribution < -0.4 is 11.1 Å². The second-order valence-corrected chi connectivity index (χ2v) is 4.35. The molecule has 1 amide bonds. The largest absolute Gasteiger partial charge is 0.462 e. The number of hydrogen-bond donors (Lipinski definition) is 2. The summed E-state index contributed by atoms with van der Waals surface area (Å²) in [6.45, 7) is 1.75. The van der Waals surface area contributed by atoms with Crippen LogP contribution in [0.15, 0.2) is 34.4 Å². The van der Waals surface area contributed by atoms with Crippen LogP contribution >= 0.6 is 11.6 Å². The molecule has 0 aliphatic rings. The van der Waals surface area contributed by atoms with Gasteiger partial charge in [-0.15, -0.1) is 0 Å². The summed E-state index contributed by atoms with van der Waals surface area (Å²) in [7, 11) is 0. The van der Waals surface area contributed by atoms with Gasteiger partial charge in [-0.25, -0.2) is 4.79 Å². The molecular weight excluding hydrogens is 298 g/mol. The first-order chi connectivity index (χ1) is 10.0. The first kappa shape index (κ1) is 14.9. The van der Waals surface area contributed by atoms with Crippen LogP contribution in [0.1, 0.15) is 6.92 Å². The number of anilines is 1. The lowest BCUT2D eigenvalue weighted by molar-refractivity contribution is -0.139. The average Bonchev–Trinajstić information content (AvgIpc) is 2.80. The van der Waals surface area contributed by atoms with Gasteiger partial charge in [0.2, 0.25) is 0 Å². The lowest BCUT2D eigenvalue weighted by atomic mass is 10.3. The molecule has 0 saturated carbocycles. The Hall–Kier alpha value is -2.54. The van der Waals surface area contributed by atoms with Crippen molar-refractivity contribution in [1.29, 1.82) is 0 Å². The predicted octanol–water partition coefficient (Wildman–Crippen LogP) is 1.83. The van der Waals surface area contributed by atoms with E-state index in [0.29, 0.717) is 16.1 Å². The van der Waals surface area contributed by atoms with Gasteiger partial charge in [0.1, 0.15) is 11.1 Å². The summed E-state index contributed by atoms with van der Waals surface area (Å²) in [5.41, 5.74) is 5.82. The highest BCUT2D eigenvalue weighted by Crippen LogP contribution is 2.22. The third-order valence-electron chi connectivity index (χ3n) is 2.45. The fraction of sp³-hybridized carbons (Fsp3) is 0.154. The molecule has 0 saturated heterocycles. The van der Waals surface area contributed by atoms with Gasteiger partial charge in [-0.1, -0.05) is 11.6 Å². The van der Waals surface area contributed by atoms with Gasteiger partial charge in [0.05, 0.1) is 6.61 Å². The number of amides is 1. The highest BCUT2D eigenvalue weighted by molar-refractivity contribution is 6.31. The summed E-state index contributed by atoms with van der Waals surface area (Å²) in [4.78, 5) is 26.8. The topological polar surface area (TPSA) is 107 Å². The molecule has 3 N–H and O–H groups in total. The zero-order chi connectivity index (χ0) is 15.4. The highest BCUT2D eigenvalue weighted by Gasteiger charge is 2.17. The van der Waals surface area contributed by atoms with Crippen molar-refractivity contribution in [2.45, 2.75) is 6.92 Å². The van der Waals surface area contributed by atoms with Crippen LogP contribution in [0.3, 0.4) is 0 Å². The van der Waals surface area contributed by atoms with Crippen LogP contribution in [0.25, 0.3) is 11.1 Å². The quantitative estimate of drug-likeness (QED) is 0.377. The zero-order valence-corrected chi connectivity index (χ0v) is 11.8. The van der Waals surface area contributed by atoms with Crippen LogP contribution in [-0.4, -0.2) is 23.5 Å². The molecule has 0 spiro atoms. The van der Waals surface area contributed by atoms with E-state index < -0.39 is 11.9 Å². The molecule has 0 radical (unpaired) electrons. The maximum atomic E-state index is 11.5. The number of esters is 1. The third-order valence-corrected chi connectivity index (χ3v) is 2.69. The number of benzene rings is 1. The smallest absolute Gasteiger partial charge is 0.345 e. The molecule has 0 unspecified atom stereocenters. The molecule has 1 aromatic carbocycles. The fourth-order valence-corrected chi connectivity index (χ4v) is 1.70. The van der Waals surface area contributed by atoms with Crippen LogP contribution in [0.5, 0.6) is 0 Å². The minimum absolute atomic E-state index is 0.0929. The predicted molar refractivity (Wildman–Crippen MR) is 76.6 cm³/mol. The molecule has 0 atom stereocenters. The summed E-state index contributed by atoms with van der Waals surface area (Å²) in [6, 6.07) is 5.02. The molecule has 2 aromatic rings. The summed E-state index contributed by atoms with van der Waals surface area (Å²) < 4.78 is 10.1. The Kier molecular flexibility index (Phi) is 4.44. The van der Waals surface area contributed by atoms with Crippen molar-refractivity contribution < 1.29 is 18.7 Å². The third kappa shape index (κ3) is 3.51. The maximum absolute atomic E-state index is 11.5. The Morgan fingerprint density at radius 1 is 1.52 bits per heavy atom.